The lowest BCUT2D eigenvalue weighted by molar-refractivity contribution is -0.172. The van der Waals surface area contributed by atoms with Crippen molar-refractivity contribution in [1.29, 1.82) is 0 Å². The average Bonchev–Trinajstić information content (AvgIpc) is 3.36. The first kappa shape index (κ1) is 32.6. The number of alkyl carbamates (subject to hydrolysis) is 1. The monoisotopic (exact) mass is 649 g/mol. The molecule has 0 saturated heterocycles. The molecule has 6 rings (SSSR count). The summed E-state index contributed by atoms with van der Waals surface area (Å²) in [5.41, 5.74) is 1.56. The van der Waals surface area contributed by atoms with Crippen molar-refractivity contribution >= 4 is 28.9 Å². The predicted molar refractivity (Wildman–Crippen MR) is 170 cm³/mol. The first-order chi connectivity index (χ1) is 22.1. The molecule has 0 fully saturated rings. The third-order valence-corrected chi connectivity index (χ3v) is 9.29. The number of nitrogens with one attached hydrogen (secondary N) is 2. The third kappa shape index (κ3) is 5.65. The molecular weight excluding hydrogens is 609 g/mol. The quantitative estimate of drug-likeness (QED) is 0.257. The van der Waals surface area contributed by atoms with Crippen LogP contribution in [0.3, 0.4) is 0 Å². The van der Waals surface area contributed by atoms with Crippen LogP contribution in [0.2, 0.25) is 0 Å². The standard InChI is InChI=1S/C34H40FN5O7/c1-7-34(45)21-12-25-29-19(14-40(25)30(42)20(21)16-46-31(34)43)28-23(9-8-18-17(2)22(35)13-24(38-29)27(18)28)37-26(41)15-39(6)11-10-36-32(44)47-33(3,4)5/h12-13,23,45H,7-11,14-16H2,1-6H3,(H,36,44)(H,37,41)/t23-,34-/m0/s1. The van der Waals surface area contributed by atoms with Gasteiger partial charge in [-0.05, 0) is 76.8 Å². The minimum Gasteiger partial charge on any atom is -0.458 e. The Morgan fingerprint density at radius 3 is 2.68 bits per heavy atom. The number of hydrogen-bond donors (Lipinski definition) is 3. The molecule has 2 atom stereocenters. The minimum absolute atomic E-state index is 0.0123. The summed E-state index contributed by atoms with van der Waals surface area (Å²) in [6.07, 6.45) is 0.521. The van der Waals surface area contributed by atoms with Crippen molar-refractivity contribution in [1.82, 2.24) is 25.1 Å². The molecule has 2 aromatic heterocycles. The van der Waals surface area contributed by atoms with Crippen LogP contribution in [-0.2, 0) is 44.2 Å². The van der Waals surface area contributed by atoms with Crippen molar-refractivity contribution in [3.63, 3.8) is 0 Å². The lowest BCUT2D eigenvalue weighted by Gasteiger charge is -2.31. The zero-order valence-electron chi connectivity index (χ0n) is 27.5. The number of hydrogen-bond acceptors (Lipinski definition) is 9. The number of likely N-dealkylation sites (N-methyl/N-ethyl adjacent to an activating group) is 1. The SMILES string of the molecule is CC[C@@]1(O)C(=O)OCc2c1cc1n(c2=O)Cc2c-1nc1cc(F)c(C)c3c1c2[C@@H](NC(=O)CN(C)CCNC(=O)OC(C)(C)C)CC3. The molecule has 0 unspecified atom stereocenters. The fourth-order valence-electron chi connectivity index (χ4n) is 6.93. The van der Waals surface area contributed by atoms with Gasteiger partial charge in [0.15, 0.2) is 5.60 Å². The average molecular weight is 650 g/mol. The number of benzene rings is 1. The maximum absolute atomic E-state index is 15.2. The van der Waals surface area contributed by atoms with Gasteiger partial charge in [0.2, 0.25) is 5.91 Å². The Morgan fingerprint density at radius 1 is 1.23 bits per heavy atom. The first-order valence-corrected chi connectivity index (χ1v) is 15.9. The van der Waals surface area contributed by atoms with Crippen LogP contribution in [0.1, 0.15) is 80.0 Å². The molecule has 4 heterocycles. The highest BCUT2D eigenvalue weighted by Crippen LogP contribution is 2.45. The Labute approximate surface area is 271 Å². The highest BCUT2D eigenvalue weighted by atomic mass is 19.1. The van der Waals surface area contributed by atoms with Gasteiger partial charge in [-0.3, -0.25) is 14.5 Å². The number of esters is 1. The molecule has 2 aliphatic heterocycles. The van der Waals surface area contributed by atoms with Gasteiger partial charge in [-0.2, -0.15) is 0 Å². The van der Waals surface area contributed by atoms with Gasteiger partial charge >= 0.3 is 12.1 Å². The summed E-state index contributed by atoms with van der Waals surface area (Å²) in [5.74, 6) is -1.44. The molecule has 1 aliphatic carbocycles. The number of aromatic nitrogens is 2. The second-order valence-electron chi connectivity index (χ2n) is 13.6. The van der Waals surface area contributed by atoms with Gasteiger partial charge in [0, 0.05) is 35.7 Å². The van der Waals surface area contributed by atoms with Gasteiger partial charge in [0.05, 0.1) is 41.6 Å². The molecular formula is C34H40FN5O7. The lowest BCUT2D eigenvalue weighted by atomic mass is 9.81. The molecule has 47 heavy (non-hydrogen) atoms. The number of carbonyl (C=O) groups excluding carboxylic acids is 3. The highest BCUT2D eigenvalue weighted by molar-refractivity contribution is 5.94. The van der Waals surface area contributed by atoms with Crippen molar-refractivity contribution in [2.45, 2.75) is 84.3 Å². The maximum atomic E-state index is 15.2. The number of cyclic esters (lactones) is 1. The molecule has 0 spiro atoms. The maximum Gasteiger partial charge on any atom is 0.407 e. The first-order valence-electron chi connectivity index (χ1n) is 15.9. The number of pyridine rings is 2. The number of rotatable bonds is 7. The smallest absolute Gasteiger partial charge is 0.407 e. The van der Waals surface area contributed by atoms with E-state index in [1.54, 1.807) is 57.2 Å². The molecule has 3 aromatic rings. The van der Waals surface area contributed by atoms with Crippen LogP contribution in [-0.4, -0.2) is 69.8 Å². The molecule has 3 N–H and O–H groups in total. The zero-order chi connectivity index (χ0) is 34.0. The van der Waals surface area contributed by atoms with E-state index in [0.29, 0.717) is 48.4 Å². The number of aryl methyl sites for hydroxylation is 1. The molecule has 1 aromatic carbocycles. The van der Waals surface area contributed by atoms with Crippen LogP contribution < -0.4 is 16.2 Å². The van der Waals surface area contributed by atoms with Crippen LogP contribution in [0.4, 0.5) is 9.18 Å². The molecule has 2 amide bonds. The largest absolute Gasteiger partial charge is 0.458 e. The number of fused-ring (bicyclic) bond motifs is 5. The second kappa shape index (κ2) is 11.7. The minimum atomic E-state index is -1.97. The van der Waals surface area contributed by atoms with Gasteiger partial charge in [-0.1, -0.05) is 6.92 Å². The summed E-state index contributed by atoms with van der Waals surface area (Å²) >= 11 is 0. The van der Waals surface area contributed by atoms with Crippen LogP contribution in [0.5, 0.6) is 0 Å². The number of amides is 2. The van der Waals surface area contributed by atoms with Crippen LogP contribution in [0, 0.1) is 12.7 Å². The molecule has 13 heteroatoms. The van der Waals surface area contributed by atoms with Gasteiger partial charge in [0.1, 0.15) is 18.0 Å². The fourth-order valence-corrected chi connectivity index (χ4v) is 6.93. The second-order valence-corrected chi connectivity index (χ2v) is 13.6. The van der Waals surface area contributed by atoms with Crippen molar-refractivity contribution in [3.8, 4) is 11.4 Å². The Hall–Kier alpha value is -4.36. The summed E-state index contributed by atoms with van der Waals surface area (Å²) in [6.45, 7) is 9.39. The van der Waals surface area contributed by atoms with Crippen LogP contribution in [0.25, 0.3) is 22.3 Å². The number of aliphatic hydroxyl groups is 1. The van der Waals surface area contributed by atoms with Crippen LogP contribution in [0.15, 0.2) is 16.9 Å². The number of halogens is 1. The van der Waals surface area contributed by atoms with Gasteiger partial charge < -0.3 is 29.8 Å². The predicted octanol–water partition coefficient (Wildman–Crippen LogP) is 3.09. The molecule has 250 valence electrons. The number of ether oxygens (including phenoxy) is 2. The van der Waals surface area contributed by atoms with Gasteiger partial charge in [0.25, 0.3) is 5.56 Å². The number of nitrogens with zero attached hydrogens (tertiary/aromatic N) is 3. The Morgan fingerprint density at radius 2 is 1.98 bits per heavy atom. The van der Waals surface area contributed by atoms with E-state index in [2.05, 4.69) is 10.6 Å². The van der Waals surface area contributed by atoms with Crippen molar-refractivity contribution in [2.24, 2.45) is 0 Å². The Kier molecular flexibility index (Phi) is 8.12. The molecule has 0 saturated carbocycles. The normalized spacial score (nSPS) is 19.6. The van der Waals surface area contributed by atoms with E-state index in [1.807, 2.05) is 0 Å². The summed E-state index contributed by atoms with van der Waals surface area (Å²) in [5, 5.41) is 17.9. The summed E-state index contributed by atoms with van der Waals surface area (Å²) in [7, 11) is 1.78. The highest BCUT2D eigenvalue weighted by Gasteiger charge is 2.46. The van der Waals surface area contributed by atoms with E-state index in [1.165, 1.54) is 6.07 Å². The van der Waals surface area contributed by atoms with E-state index in [0.717, 1.165) is 22.1 Å². The third-order valence-electron chi connectivity index (χ3n) is 9.29. The van der Waals surface area contributed by atoms with E-state index >= 15 is 4.39 Å². The van der Waals surface area contributed by atoms with Gasteiger partial charge in [-0.25, -0.2) is 19.0 Å². The molecule has 12 nitrogen and oxygen atoms in total. The summed E-state index contributed by atoms with van der Waals surface area (Å²) in [6, 6.07) is 2.57. The zero-order valence-corrected chi connectivity index (χ0v) is 27.5. The Balaban J connectivity index is 1.33. The van der Waals surface area contributed by atoms with E-state index in [-0.39, 0.29) is 49.0 Å². The van der Waals surface area contributed by atoms with Crippen molar-refractivity contribution < 1.29 is 33.4 Å². The number of carbonyl (C=O) groups is 3. The van der Waals surface area contributed by atoms with Crippen molar-refractivity contribution in [3.05, 3.63) is 61.7 Å². The lowest BCUT2D eigenvalue weighted by Crippen LogP contribution is -2.44. The molecule has 3 aliphatic rings. The molecule has 0 bridgehead atoms. The topological polar surface area (TPSA) is 152 Å². The Bertz CT molecular complexity index is 1900. The summed E-state index contributed by atoms with van der Waals surface area (Å²) < 4.78 is 27.2. The van der Waals surface area contributed by atoms with Crippen LogP contribution >= 0.6 is 0 Å². The summed E-state index contributed by atoms with van der Waals surface area (Å²) in [4.78, 5) is 58.4. The molecule has 0 radical (unpaired) electrons. The van der Waals surface area contributed by atoms with E-state index in [9.17, 15) is 24.3 Å². The van der Waals surface area contributed by atoms with E-state index < -0.39 is 34.9 Å². The van der Waals surface area contributed by atoms with Crippen molar-refractivity contribution in [2.75, 3.05) is 26.7 Å². The fraction of sp³-hybridized carbons (Fsp3) is 0.500. The van der Waals surface area contributed by atoms with Gasteiger partial charge in [-0.15, -0.1) is 0 Å². The van der Waals surface area contributed by atoms with E-state index in [4.69, 9.17) is 14.5 Å².